The SMILES string of the molecule is CC(CCl)(NN)C(Cl)Cl. The van der Waals surface area contributed by atoms with E-state index in [0.29, 0.717) is 0 Å². The molecule has 0 heterocycles. The Morgan fingerprint density at radius 3 is 2.11 bits per heavy atom. The molecule has 56 valence electrons. The van der Waals surface area contributed by atoms with Crippen molar-refractivity contribution in [3.8, 4) is 0 Å². The number of nitrogens with two attached hydrogens (primary N) is 1. The Balaban J connectivity index is 3.92. The molecule has 0 fully saturated rings. The van der Waals surface area contributed by atoms with Gasteiger partial charge in [0.05, 0.1) is 5.54 Å². The summed E-state index contributed by atoms with van der Waals surface area (Å²) in [6, 6.07) is 0. The van der Waals surface area contributed by atoms with Crippen LogP contribution in [0.2, 0.25) is 0 Å². The fourth-order valence-electron chi connectivity index (χ4n) is 0.160. The van der Waals surface area contributed by atoms with Crippen LogP contribution in [-0.2, 0) is 0 Å². The molecule has 3 N–H and O–H groups in total. The minimum atomic E-state index is -0.597. The molecule has 0 amide bonds. The fourth-order valence-corrected chi connectivity index (χ4v) is 0.830. The van der Waals surface area contributed by atoms with E-state index in [9.17, 15) is 0 Å². The quantitative estimate of drug-likeness (QED) is 0.400. The molecule has 0 aliphatic heterocycles. The first-order chi connectivity index (χ1) is 4.06. The highest BCUT2D eigenvalue weighted by atomic mass is 35.5. The van der Waals surface area contributed by atoms with Gasteiger partial charge in [0.1, 0.15) is 4.84 Å². The molecule has 0 aromatic heterocycles. The first kappa shape index (κ1) is 9.79. The van der Waals surface area contributed by atoms with Crippen LogP contribution in [-0.4, -0.2) is 16.3 Å². The van der Waals surface area contributed by atoms with Gasteiger partial charge in [0.15, 0.2) is 0 Å². The minimum absolute atomic E-state index is 0.279. The molecule has 2 nitrogen and oxygen atoms in total. The second-order valence-corrected chi connectivity index (χ2v) is 3.36. The summed E-state index contributed by atoms with van der Waals surface area (Å²) in [6.07, 6.45) is 0. The maximum atomic E-state index is 5.52. The van der Waals surface area contributed by atoms with Gasteiger partial charge in [0.25, 0.3) is 0 Å². The van der Waals surface area contributed by atoms with E-state index in [-0.39, 0.29) is 5.88 Å². The summed E-state index contributed by atoms with van der Waals surface area (Å²) >= 11 is 16.5. The zero-order valence-electron chi connectivity index (χ0n) is 5.00. The highest BCUT2D eigenvalue weighted by molar-refractivity contribution is 6.45. The summed E-state index contributed by atoms with van der Waals surface area (Å²) in [6.45, 7) is 1.74. The van der Waals surface area contributed by atoms with Gasteiger partial charge in [-0.1, -0.05) is 0 Å². The van der Waals surface area contributed by atoms with E-state index in [2.05, 4.69) is 5.43 Å². The molecule has 1 unspecified atom stereocenters. The maximum absolute atomic E-state index is 5.52. The van der Waals surface area contributed by atoms with Gasteiger partial charge in [-0.05, 0) is 6.92 Å². The standard InChI is InChI=1S/C4H9Cl3N2/c1-4(2-5,9-8)3(6)7/h3,9H,2,8H2,1H3. The minimum Gasteiger partial charge on any atom is -0.271 e. The largest absolute Gasteiger partial charge is 0.271 e. The van der Waals surface area contributed by atoms with Gasteiger partial charge in [-0.15, -0.1) is 34.8 Å². The van der Waals surface area contributed by atoms with Crippen LogP contribution < -0.4 is 11.3 Å². The molecule has 0 bridgehead atoms. The Bertz CT molecular complexity index is 81.9. The van der Waals surface area contributed by atoms with E-state index < -0.39 is 10.4 Å². The maximum Gasteiger partial charge on any atom is 0.128 e. The lowest BCUT2D eigenvalue weighted by molar-refractivity contribution is 0.431. The predicted octanol–water partition coefficient (Wildman–Crippen LogP) is 1.25. The second-order valence-electron chi connectivity index (χ2n) is 2.00. The summed E-state index contributed by atoms with van der Waals surface area (Å²) in [7, 11) is 0. The lowest BCUT2D eigenvalue weighted by atomic mass is 10.1. The summed E-state index contributed by atoms with van der Waals surface area (Å²) in [5.41, 5.74) is 1.84. The molecule has 0 aliphatic rings. The van der Waals surface area contributed by atoms with Crippen LogP contribution in [0.15, 0.2) is 0 Å². The summed E-state index contributed by atoms with van der Waals surface area (Å²) < 4.78 is 0. The number of rotatable bonds is 3. The fraction of sp³-hybridized carbons (Fsp3) is 1.00. The van der Waals surface area contributed by atoms with E-state index in [1.165, 1.54) is 0 Å². The highest BCUT2D eigenvalue weighted by Crippen LogP contribution is 2.19. The van der Waals surface area contributed by atoms with Crippen LogP contribution >= 0.6 is 34.8 Å². The topological polar surface area (TPSA) is 38.0 Å². The smallest absolute Gasteiger partial charge is 0.128 e. The Morgan fingerprint density at radius 1 is 1.67 bits per heavy atom. The van der Waals surface area contributed by atoms with Gasteiger partial charge in [0.2, 0.25) is 0 Å². The van der Waals surface area contributed by atoms with Crippen LogP contribution in [0.3, 0.4) is 0 Å². The van der Waals surface area contributed by atoms with Gasteiger partial charge in [-0.25, -0.2) is 0 Å². The van der Waals surface area contributed by atoms with Crippen LogP contribution in [0.5, 0.6) is 0 Å². The lowest BCUT2D eigenvalue weighted by Crippen LogP contribution is -2.53. The van der Waals surface area contributed by atoms with E-state index in [1.807, 2.05) is 0 Å². The second kappa shape index (κ2) is 3.84. The molecule has 5 heteroatoms. The average molecular weight is 191 g/mol. The summed E-state index contributed by atoms with van der Waals surface area (Å²) in [5.74, 6) is 5.39. The molecule has 0 aliphatic carbocycles. The predicted molar refractivity (Wildman–Crippen MR) is 41.9 cm³/mol. The summed E-state index contributed by atoms with van der Waals surface area (Å²) in [4.78, 5) is -0.597. The van der Waals surface area contributed by atoms with Gasteiger partial charge >= 0.3 is 0 Å². The van der Waals surface area contributed by atoms with Gasteiger partial charge in [0, 0.05) is 5.88 Å². The Kier molecular flexibility index (Phi) is 4.17. The molecule has 0 aromatic carbocycles. The van der Waals surface area contributed by atoms with Crippen molar-refractivity contribution in [3.05, 3.63) is 0 Å². The molecule has 0 rings (SSSR count). The van der Waals surface area contributed by atoms with Crippen molar-refractivity contribution in [1.29, 1.82) is 0 Å². The van der Waals surface area contributed by atoms with Crippen molar-refractivity contribution < 1.29 is 0 Å². The molecule has 1 atom stereocenters. The van der Waals surface area contributed by atoms with Crippen molar-refractivity contribution in [1.82, 2.24) is 5.43 Å². The molecule has 0 radical (unpaired) electrons. The van der Waals surface area contributed by atoms with Crippen molar-refractivity contribution in [2.24, 2.45) is 5.84 Å². The number of nitrogens with one attached hydrogen (secondary N) is 1. The van der Waals surface area contributed by atoms with Crippen LogP contribution in [0.1, 0.15) is 6.92 Å². The van der Waals surface area contributed by atoms with E-state index >= 15 is 0 Å². The zero-order chi connectivity index (χ0) is 7.49. The van der Waals surface area contributed by atoms with Crippen molar-refractivity contribution in [3.63, 3.8) is 0 Å². The highest BCUT2D eigenvalue weighted by Gasteiger charge is 2.28. The molecule has 0 saturated carbocycles. The molecule has 0 aromatic rings. The van der Waals surface area contributed by atoms with Crippen LogP contribution in [0.25, 0.3) is 0 Å². The van der Waals surface area contributed by atoms with E-state index in [0.717, 1.165) is 0 Å². The van der Waals surface area contributed by atoms with Crippen molar-refractivity contribution >= 4 is 34.8 Å². The number of hydrogen-bond donors (Lipinski definition) is 2. The number of halogens is 3. The monoisotopic (exact) mass is 190 g/mol. The third kappa shape index (κ3) is 2.48. The third-order valence-electron chi connectivity index (χ3n) is 1.09. The Morgan fingerprint density at radius 2 is 2.11 bits per heavy atom. The number of hydrazine groups is 1. The normalized spacial score (nSPS) is 18.0. The zero-order valence-corrected chi connectivity index (χ0v) is 7.26. The van der Waals surface area contributed by atoms with E-state index in [1.54, 1.807) is 6.92 Å². The third-order valence-corrected chi connectivity index (χ3v) is 2.61. The van der Waals surface area contributed by atoms with E-state index in [4.69, 9.17) is 40.6 Å². The first-order valence-electron chi connectivity index (χ1n) is 2.38. The van der Waals surface area contributed by atoms with Crippen LogP contribution in [0, 0.1) is 0 Å². The van der Waals surface area contributed by atoms with Crippen molar-refractivity contribution in [2.75, 3.05) is 5.88 Å². The molecular formula is C4H9Cl3N2. The first-order valence-corrected chi connectivity index (χ1v) is 3.79. The summed E-state index contributed by atoms with van der Waals surface area (Å²) in [5, 5.41) is 0. The molecule has 9 heavy (non-hydrogen) atoms. The van der Waals surface area contributed by atoms with Gasteiger partial charge in [-0.3, -0.25) is 11.3 Å². The van der Waals surface area contributed by atoms with Crippen molar-refractivity contribution in [2.45, 2.75) is 17.3 Å². The lowest BCUT2D eigenvalue weighted by Gasteiger charge is -2.26. The van der Waals surface area contributed by atoms with Gasteiger partial charge < -0.3 is 0 Å². The molecule has 0 spiro atoms. The van der Waals surface area contributed by atoms with Crippen LogP contribution in [0.4, 0.5) is 0 Å². The Hall–Kier alpha value is 0.790. The van der Waals surface area contributed by atoms with Gasteiger partial charge in [-0.2, -0.15) is 0 Å². The Labute approximate surface area is 69.6 Å². The average Bonchev–Trinajstić information content (AvgIpc) is 1.86. The molecular weight excluding hydrogens is 182 g/mol. The molecule has 0 saturated heterocycles. The number of hydrogen-bond acceptors (Lipinski definition) is 2. The number of alkyl halides is 3.